The van der Waals surface area contributed by atoms with E-state index >= 15 is 13.2 Å². The fourth-order valence-corrected chi connectivity index (χ4v) is 6.23. The van der Waals surface area contributed by atoms with Crippen LogP contribution in [0.15, 0.2) is 78.9 Å². The molecule has 2 heterocycles. The Morgan fingerprint density at radius 3 is 2.37 bits per heavy atom. The first-order valence-corrected chi connectivity index (χ1v) is 16.3. The van der Waals surface area contributed by atoms with Crippen LogP contribution in [0, 0.1) is 0 Å². The molecule has 6 rings (SSSR count). The predicted molar refractivity (Wildman–Crippen MR) is 184 cm³/mol. The third-order valence-corrected chi connectivity index (χ3v) is 8.36. The van der Waals surface area contributed by atoms with Crippen molar-refractivity contribution < 1.29 is 46.4 Å². The Hall–Kier alpha value is -5.36. The summed E-state index contributed by atoms with van der Waals surface area (Å²) in [5, 5.41) is 0. The molecule has 9 nitrogen and oxygen atoms in total. The van der Waals surface area contributed by atoms with Gasteiger partial charge in [-0.05, 0) is 80.6 Å². The van der Waals surface area contributed by atoms with E-state index in [0.29, 0.717) is 47.4 Å². The first-order chi connectivity index (χ1) is 24.3. The molecule has 0 radical (unpaired) electrons. The average molecular weight is 703 g/mol. The average Bonchev–Trinajstić information content (AvgIpc) is 3.50. The van der Waals surface area contributed by atoms with E-state index in [1.165, 1.54) is 7.11 Å². The Morgan fingerprint density at radius 1 is 0.961 bits per heavy atom. The standard InChI is InChI=1S/C39H37F3N2O7/c1-38(2,3)51-34(36(45)48-5)32-27(39(40,41)42)21-26(33(47-4)31(32)25-17-18-30-24(20-25)14-11-19-49-30)35-43-28-15-9-10-16-29(28)44(35)37(46)50-22-23-12-7-6-8-13-23/h6-10,12-13,15-18,20-21,34H,11,14,19,22H2,1-5H3. The van der Waals surface area contributed by atoms with Crippen LogP contribution < -0.4 is 9.47 Å². The molecule has 51 heavy (non-hydrogen) atoms. The maximum Gasteiger partial charge on any atom is 0.420 e. The minimum absolute atomic E-state index is 0.0755. The van der Waals surface area contributed by atoms with Crippen molar-refractivity contribution in [1.82, 2.24) is 9.55 Å². The zero-order valence-corrected chi connectivity index (χ0v) is 28.8. The van der Waals surface area contributed by atoms with Crippen molar-refractivity contribution >= 4 is 23.1 Å². The normalized spacial score (nSPS) is 13.6. The SMILES string of the molecule is COC(=O)C(OC(C)(C)C)c1c(C(F)(F)F)cc(-c2nc3ccccc3n2C(=O)OCc2ccccc2)c(OC)c1-c1ccc2c(c1)CCCO2. The molecule has 0 spiro atoms. The van der Waals surface area contributed by atoms with Gasteiger partial charge in [-0.3, -0.25) is 0 Å². The Kier molecular flexibility index (Phi) is 9.81. The van der Waals surface area contributed by atoms with Gasteiger partial charge >= 0.3 is 18.2 Å². The van der Waals surface area contributed by atoms with Crippen LogP contribution in [0.1, 0.15) is 55.5 Å². The Labute approximate surface area is 292 Å². The van der Waals surface area contributed by atoms with Crippen molar-refractivity contribution in [3.05, 3.63) is 101 Å². The highest BCUT2D eigenvalue weighted by Gasteiger charge is 2.44. The molecule has 1 unspecified atom stereocenters. The predicted octanol–water partition coefficient (Wildman–Crippen LogP) is 8.94. The second-order valence-corrected chi connectivity index (χ2v) is 13.0. The molecule has 1 aromatic heterocycles. The van der Waals surface area contributed by atoms with Gasteiger partial charge in [0.1, 0.15) is 18.1 Å². The molecule has 0 bridgehead atoms. The lowest BCUT2D eigenvalue weighted by Crippen LogP contribution is -2.30. The molecule has 0 saturated carbocycles. The van der Waals surface area contributed by atoms with Crippen LogP contribution in [0.5, 0.6) is 11.5 Å². The second-order valence-electron chi connectivity index (χ2n) is 13.0. The van der Waals surface area contributed by atoms with Gasteiger partial charge < -0.3 is 23.7 Å². The number of alkyl halides is 3. The van der Waals surface area contributed by atoms with Gasteiger partial charge in [-0.15, -0.1) is 0 Å². The van der Waals surface area contributed by atoms with Crippen LogP contribution in [0.4, 0.5) is 18.0 Å². The van der Waals surface area contributed by atoms with Gasteiger partial charge in [0.2, 0.25) is 0 Å². The van der Waals surface area contributed by atoms with Gasteiger partial charge in [0.25, 0.3) is 0 Å². The van der Waals surface area contributed by atoms with Gasteiger partial charge in [-0.25, -0.2) is 19.1 Å². The van der Waals surface area contributed by atoms with Crippen LogP contribution in [-0.4, -0.2) is 48.0 Å². The Bertz CT molecular complexity index is 2090. The van der Waals surface area contributed by atoms with E-state index in [1.807, 2.05) is 6.07 Å². The summed E-state index contributed by atoms with van der Waals surface area (Å²) >= 11 is 0. The van der Waals surface area contributed by atoms with Crippen molar-refractivity contribution in [3.63, 3.8) is 0 Å². The quantitative estimate of drug-likeness (QED) is 0.148. The number of carbonyl (C=O) groups excluding carboxylic acids is 2. The van der Waals surface area contributed by atoms with E-state index in [4.69, 9.17) is 23.7 Å². The summed E-state index contributed by atoms with van der Waals surface area (Å²) in [5.74, 6) is -0.661. The number of rotatable bonds is 8. The molecule has 1 aliphatic heterocycles. The maximum absolute atomic E-state index is 15.5. The van der Waals surface area contributed by atoms with Crippen molar-refractivity contribution in [1.29, 1.82) is 0 Å². The van der Waals surface area contributed by atoms with Crippen LogP contribution in [0.2, 0.25) is 0 Å². The van der Waals surface area contributed by atoms with Crippen LogP contribution in [0.3, 0.4) is 0 Å². The molecular weight excluding hydrogens is 665 g/mol. The number of hydrogen-bond donors (Lipinski definition) is 0. The van der Waals surface area contributed by atoms with Crippen LogP contribution in [-0.2, 0) is 38.2 Å². The minimum atomic E-state index is -5.03. The molecule has 5 aromatic rings. The number of carbonyl (C=O) groups is 2. The summed E-state index contributed by atoms with van der Waals surface area (Å²) in [6, 6.07) is 21.5. The number of hydrogen-bond acceptors (Lipinski definition) is 8. The van der Waals surface area contributed by atoms with E-state index in [-0.39, 0.29) is 29.3 Å². The maximum atomic E-state index is 15.5. The van der Waals surface area contributed by atoms with Crippen LogP contribution >= 0.6 is 0 Å². The fraction of sp³-hybridized carbons (Fsp3) is 0.308. The first-order valence-electron chi connectivity index (χ1n) is 16.3. The Balaban J connectivity index is 1.69. The molecule has 1 aliphatic rings. The Morgan fingerprint density at radius 2 is 1.69 bits per heavy atom. The molecule has 4 aromatic carbocycles. The number of fused-ring (bicyclic) bond motifs is 2. The lowest BCUT2D eigenvalue weighted by Gasteiger charge is -2.31. The second kappa shape index (κ2) is 14.1. The number of benzene rings is 4. The number of ether oxygens (including phenoxy) is 5. The summed E-state index contributed by atoms with van der Waals surface area (Å²) in [6.07, 6.45) is -6.39. The van der Waals surface area contributed by atoms with E-state index in [9.17, 15) is 9.59 Å². The number of para-hydroxylation sites is 2. The van der Waals surface area contributed by atoms with Crippen molar-refractivity contribution in [2.24, 2.45) is 0 Å². The van der Waals surface area contributed by atoms with Crippen molar-refractivity contribution in [2.45, 2.75) is 58.1 Å². The number of nitrogens with zero attached hydrogens (tertiary/aromatic N) is 2. The highest BCUT2D eigenvalue weighted by atomic mass is 19.4. The summed E-state index contributed by atoms with van der Waals surface area (Å²) < 4.78 is 76.2. The molecule has 0 fully saturated rings. The van der Waals surface area contributed by atoms with E-state index in [0.717, 1.165) is 23.3 Å². The monoisotopic (exact) mass is 702 g/mol. The zero-order chi connectivity index (χ0) is 36.5. The number of esters is 1. The third kappa shape index (κ3) is 7.27. The molecule has 0 amide bonds. The number of methoxy groups -OCH3 is 2. The minimum Gasteiger partial charge on any atom is -0.495 e. The summed E-state index contributed by atoms with van der Waals surface area (Å²) in [7, 11) is 2.39. The van der Waals surface area contributed by atoms with Crippen molar-refractivity contribution in [3.8, 4) is 34.0 Å². The molecule has 0 N–H and O–H groups in total. The highest BCUT2D eigenvalue weighted by Crippen LogP contribution is 2.51. The molecular formula is C39H37F3N2O7. The summed E-state index contributed by atoms with van der Waals surface area (Å²) in [5.41, 5.74) is -0.589. The van der Waals surface area contributed by atoms with Gasteiger partial charge in [0.05, 0.1) is 48.6 Å². The molecule has 12 heteroatoms. The number of halogens is 3. The van der Waals surface area contributed by atoms with E-state index in [2.05, 4.69) is 4.98 Å². The number of aromatic nitrogens is 2. The van der Waals surface area contributed by atoms with Gasteiger partial charge in [-0.2, -0.15) is 13.2 Å². The smallest absolute Gasteiger partial charge is 0.420 e. The molecule has 1 atom stereocenters. The van der Waals surface area contributed by atoms with E-state index < -0.39 is 41.1 Å². The fourth-order valence-electron chi connectivity index (χ4n) is 6.23. The summed E-state index contributed by atoms with van der Waals surface area (Å²) in [4.78, 5) is 32.0. The largest absolute Gasteiger partial charge is 0.495 e. The lowest BCUT2D eigenvalue weighted by molar-refractivity contribution is -0.166. The van der Waals surface area contributed by atoms with Gasteiger partial charge in [-0.1, -0.05) is 48.5 Å². The first kappa shape index (κ1) is 35.5. The number of imidazole rings is 1. The van der Waals surface area contributed by atoms with Gasteiger partial charge in [0, 0.05) is 11.1 Å². The van der Waals surface area contributed by atoms with E-state index in [1.54, 1.807) is 87.5 Å². The summed E-state index contributed by atoms with van der Waals surface area (Å²) in [6.45, 7) is 5.29. The molecule has 0 aliphatic carbocycles. The molecule has 266 valence electrons. The third-order valence-electron chi connectivity index (χ3n) is 8.36. The topological polar surface area (TPSA) is 98.1 Å². The zero-order valence-electron chi connectivity index (χ0n) is 28.8. The molecule has 0 saturated heterocycles. The highest BCUT2D eigenvalue weighted by molar-refractivity contribution is 5.96. The van der Waals surface area contributed by atoms with Crippen LogP contribution in [0.25, 0.3) is 33.5 Å². The number of aryl methyl sites for hydroxylation is 1. The lowest BCUT2D eigenvalue weighted by atomic mass is 9.86. The van der Waals surface area contributed by atoms with Gasteiger partial charge in [0.15, 0.2) is 11.9 Å². The van der Waals surface area contributed by atoms with Crippen molar-refractivity contribution in [2.75, 3.05) is 20.8 Å².